The van der Waals surface area contributed by atoms with Crippen molar-refractivity contribution < 1.29 is 19.1 Å². The number of nitrogens with one attached hydrogen (secondary N) is 1. The number of hydrogen-bond donors (Lipinski definition) is 1. The Labute approximate surface area is 177 Å². The van der Waals surface area contributed by atoms with Gasteiger partial charge in [-0.1, -0.05) is 17.7 Å². The SMILES string of the molecule is Cc1ccc(NC(=O)CN(C)C(=O)[C@@H](C)OC(=O)c2cc(C)n(C3CC3)c2C)cc1. The third kappa shape index (κ3) is 4.90. The van der Waals surface area contributed by atoms with Gasteiger partial charge in [0, 0.05) is 30.2 Å². The lowest BCUT2D eigenvalue weighted by molar-refractivity contribution is -0.140. The summed E-state index contributed by atoms with van der Waals surface area (Å²) in [5, 5.41) is 2.75. The summed E-state index contributed by atoms with van der Waals surface area (Å²) in [5.41, 5.74) is 4.13. The van der Waals surface area contributed by atoms with Crippen LogP contribution in [-0.2, 0) is 14.3 Å². The van der Waals surface area contributed by atoms with Crippen molar-refractivity contribution in [2.45, 2.75) is 52.7 Å². The second kappa shape index (κ2) is 8.73. The number of carbonyl (C=O) groups excluding carboxylic acids is 3. The van der Waals surface area contributed by atoms with Gasteiger partial charge in [0.1, 0.15) is 0 Å². The van der Waals surface area contributed by atoms with Gasteiger partial charge in [0.05, 0.1) is 12.1 Å². The van der Waals surface area contributed by atoms with Crippen molar-refractivity contribution in [3.8, 4) is 0 Å². The predicted molar refractivity (Wildman–Crippen MR) is 115 cm³/mol. The van der Waals surface area contributed by atoms with Crippen molar-refractivity contribution >= 4 is 23.5 Å². The molecule has 0 spiro atoms. The van der Waals surface area contributed by atoms with Gasteiger partial charge in [-0.3, -0.25) is 9.59 Å². The number of amides is 2. The smallest absolute Gasteiger partial charge is 0.340 e. The first kappa shape index (κ1) is 21.6. The predicted octanol–water partition coefficient (Wildman–Crippen LogP) is 3.39. The Bertz CT molecular complexity index is 958. The normalized spacial score (nSPS) is 14.2. The van der Waals surface area contributed by atoms with Crippen molar-refractivity contribution in [2.75, 3.05) is 18.9 Å². The molecule has 1 heterocycles. The van der Waals surface area contributed by atoms with Gasteiger partial charge in [0.15, 0.2) is 6.10 Å². The number of aromatic nitrogens is 1. The third-order valence-corrected chi connectivity index (χ3v) is 5.34. The van der Waals surface area contributed by atoms with Gasteiger partial charge >= 0.3 is 5.97 Å². The average molecular weight is 412 g/mol. The first-order chi connectivity index (χ1) is 14.2. The molecule has 1 aliphatic carbocycles. The molecule has 30 heavy (non-hydrogen) atoms. The molecule has 1 N–H and O–H groups in total. The number of anilines is 1. The summed E-state index contributed by atoms with van der Waals surface area (Å²) in [6.45, 7) is 7.22. The zero-order valence-corrected chi connectivity index (χ0v) is 18.2. The van der Waals surface area contributed by atoms with E-state index in [-0.39, 0.29) is 12.5 Å². The molecule has 7 nitrogen and oxygen atoms in total. The molecule has 0 unspecified atom stereocenters. The molecular weight excluding hydrogens is 382 g/mol. The summed E-state index contributed by atoms with van der Waals surface area (Å²) >= 11 is 0. The van der Waals surface area contributed by atoms with Crippen molar-refractivity contribution in [1.82, 2.24) is 9.47 Å². The van der Waals surface area contributed by atoms with Crippen LogP contribution in [0.1, 0.15) is 53.1 Å². The van der Waals surface area contributed by atoms with E-state index in [1.54, 1.807) is 12.1 Å². The molecule has 160 valence electrons. The molecule has 1 fully saturated rings. The molecule has 0 aliphatic heterocycles. The van der Waals surface area contributed by atoms with Crippen LogP contribution in [0.5, 0.6) is 0 Å². The molecule has 0 saturated heterocycles. The Hall–Kier alpha value is -3.09. The molecule has 1 atom stereocenters. The zero-order chi connectivity index (χ0) is 22.0. The lowest BCUT2D eigenvalue weighted by Gasteiger charge is -2.21. The number of benzene rings is 1. The van der Waals surface area contributed by atoms with E-state index in [9.17, 15) is 14.4 Å². The van der Waals surface area contributed by atoms with Gasteiger partial charge < -0.3 is 19.5 Å². The lowest BCUT2D eigenvalue weighted by atomic mass is 10.2. The molecule has 1 aromatic heterocycles. The highest BCUT2D eigenvalue weighted by atomic mass is 16.5. The number of carbonyl (C=O) groups is 3. The molecule has 1 saturated carbocycles. The highest BCUT2D eigenvalue weighted by Crippen LogP contribution is 2.38. The maximum absolute atomic E-state index is 12.6. The largest absolute Gasteiger partial charge is 0.449 e. The summed E-state index contributed by atoms with van der Waals surface area (Å²) in [4.78, 5) is 38.7. The fraction of sp³-hybridized carbons (Fsp3) is 0.435. The third-order valence-electron chi connectivity index (χ3n) is 5.34. The Morgan fingerprint density at radius 1 is 1.17 bits per heavy atom. The summed E-state index contributed by atoms with van der Waals surface area (Å²) in [6, 6.07) is 9.67. The van der Waals surface area contributed by atoms with Crippen LogP contribution in [0.15, 0.2) is 30.3 Å². The van der Waals surface area contributed by atoms with E-state index in [0.29, 0.717) is 17.3 Å². The monoisotopic (exact) mass is 411 g/mol. The van der Waals surface area contributed by atoms with Gasteiger partial charge in [-0.15, -0.1) is 0 Å². The molecular formula is C23H29N3O4. The molecule has 2 aromatic rings. The maximum Gasteiger partial charge on any atom is 0.340 e. The van der Waals surface area contributed by atoms with Gasteiger partial charge in [0.2, 0.25) is 5.91 Å². The van der Waals surface area contributed by atoms with Crippen LogP contribution in [0.2, 0.25) is 0 Å². The minimum Gasteiger partial charge on any atom is -0.449 e. The van der Waals surface area contributed by atoms with Gasteiger partial charge in [-0.2, -0.15) is 0 Å². The van der Waals surface area contributed by atoms with Crippen LogP contribution in [0.25, 0.3) is 0 Å². The van der Waals surface area contributed by atoms with Crippen LogP contribution in [-0.4, -0.2) is 46.9 Å². The maximum atomic E-state index is 12.6. The van der Waals surface area contributed by atoms with Crippen LogP contribution in [0, 0.1) is 20.8 Å². The summed E-state index contributed by atoms with van der Waals surface area (Å²) < 4.78 is 7.56. The van der Waals surface area contributed by atoms with Gasteiger partial charge in [-0.25, -0.2) is 4.79 Å². The Balaban J connectivity index is 1.55. The van der Waals surface area contributed by atoms with E-state index in [1.165, 1.54) is 18.9 Å². The number of esters is 1. The van der Waals surface area contributed by atoms with Crippen molar-refractivity contribution in [3.05, 3.63) is 52.8 Å². The van der Waals surface area contributed by atoms with Crippen LogP contribution in [0.4, 0.5) is 5.69 Å². The number of aryl methyl sites for hydroxylation is 2. The topological polar surface area (TPSA) is 80.6 Å². The number of ether oxygens (including phenoxy) is 1. The number of rotatable bonds is 7. The molecule has 2 amide bonds. The van der Waals surface area contributed by atoms with Crippen molar-refractivity contribution in [3.63, 3.8) is 0 Å². The second-order valence-electron chi connectivity index (χ2n) is 8.04. The van der Waals surface area contributed by atoms with Gasteiger partial charge in [0.25, 0.3) is 5.91 Å². The fourth-order valence-electron chi connectivity index (χ4n) is 3.59. The van der Waals surface area contributed by atoms with E-state index in [2.05, 4.69) is 9.88 Å². The summed E-state index contributed by atoms with van der Waals surface area (Å²) in [7, 11) is 1.51. The van der Waals surface area contributed by atoms with E-state index >= 15 is 0 Å². The second-order valence-corrected chi connectivity index (χ2v) is 8.04. The summed E-state index contributed by atoms with van der Waals surface area (Å²) in [6.07, 6.45) is 1.25. The highest BCUT2D eigenvalue weighted by Gasteiger charge is 2.30. The van der Waals surface area contributed by atoms with E-state index in [0.717, 1.165) is 29.8 Å². The first-order valence-electron chi connectivity index (χ1n) is 10.2. The molecule has 3 rings (SSSR count). The fourth-order valence-corrected chi connectivity index (χ4v) is 3.59. The first-order valence-corrected chi connectivity index (χ1v) is 10.2. The number of nitrogens with zero attached hydrogens (tertiary/aromatic N) is 2. The number of likely N-dealkylation sites (N-methyl/N-ethyl adjacent to an activating group) is 1. The zero-order valence-electron chi connectivity index (χ0n) is 18.2. The van der Waals surface area contributed by atoms with Gasteiger partial charge in [-0.05, 0) is 58.7 Å². The summed E-state index contributed by atoms with van der Waals surface area (Å²) in [5.74, 6) is -1.27. The molecule has 1 aliphatic rings. The average Bonchev–Trinajstić information content (AvgIpc) is 3.47. The van der Waals surface area contributed by atoms with E-state index in [1.807, 2.05) is 39.0 Å². The highest BCUT2D eigenvalue weighted by molar-refractivity contribution is 5.96. The van der Waals surface area contributed by atoms with E-state index in [4.69, 9.17) is 4.74 Å². The lowest BCUT2D eigenvalue weighted by Crippen LogP contribution is -2.41. The van der Waals surface area contributed by atoms with Crippen molar-refractivity contribution in [2.24, 2.45) is 0 Å². The van der Waals surface area contributed by atoms with Crippen LogP contribution >= 0.6 is 0 Å². The Kier molecular flexibility index (Phi) is 6.29. The van der Waals surface area contributed by atoms with Crippen LogP contribution < -0.4 is 5.32 Å². The minimum atomic E-state index is -0.987. The van der Waals surface area contributed by atoms with Crippen LogP contribution in [0.3, 0.4) is 0 Å². The number of hydrogen-bond acceptors (Lipinski definition) is 4. The standard InChI is InChI=1S/C23H29N3O4/c1-14-6-8-18(9-7-14)24-21(27)13-25(5)22(28)17(4)30-23(29)20-12-15(2)26(16(20)3)19-10-11-19/h6-9,12,17,19H,10-11,13H2,1-5H3,(H,24,27)/t17-/m1/s1. The Morgan fingerprint density at radius 2 is 1.80 bits per heavy atom. The molecule has 7 heteroatoms. The van der Waals surface area contributed by atoms with Crippen molar-refractivity contribution in [1.29, 1.82) is 0 Å². The molecule has 0 radical (unpaired) electrons. The quantitative estimate of drug-likeness (QED) is 0.708. The minimum absolute atomic E-state index is 0.134. The molecule has 0 bridgehead atoms. The van der Waals surface area contributed by atoms with E-state index < -0.39 is 18.0 Å². The Morgan fingerprint density at radius 3 is 2.40 bits per heavy atom. The molecule has 1 aromatic carbocycles.